The monoisotopic (exact) mass is 183 g/mol. The van der Waals surface area contributed by atoms with E-state index in [1.807, 2.05) is 13.8 Å². The van der Waals surface area contributed by atoms with Gasteiger partial charge in [-0.3, -0.25) is 4.79 Å². The molecule has 72 valence electrons. The average molecular weight is 183 g/mol. The van der Waals surface area contributed by atoms with Gasteiger partial charge in [-0.25, -0.2) is 4.39 Å². The Morgan fingerprint density at radius 2 is 1.85 bits per heavy atom. The third-order valence-electron chi connectivity index (χ3n) is 1.18. The van der Waals surface area contributed by atoms with Gasteiger partial charge in [0.15, 0.2) is 0 Å². The highest BCUT2D eigenvalue weighted by atomic mass is 19.1. The lowest BCUT2D eigenvalue weighted by Gasteiger charge is -2.01. The summed E-state index contributed by atoms with van der Waals surface area (Å²) in [6.45, 7) is 5.34. The van der Waals surface area contributed by atoms with Crippen LogP contribution in [-0.2, 0) is 4.79 Å². The Labute approximate surface area is 77.8 Å². The lowest BCUT2D eigenvalue weighted by molar-refractivity contribution is -0.114. The van der Waals surface area contributed by atoms with Gasteiger partial charge in [-0.2, -0.15) is 0 Å². The molecule has 0 heterocycles. The molecule has 0 atom stereocenters. The molecular weight excluding hydrogens is 169 g/mol. The number of carbonyl (C=O) groups is 1. The normalized spacial score (nSPS) is 8.31. The van der Waals surface area contributed by atoms with E-state index in [0.717, 1.165) is 0 Å². The molecule has 1 N–H and O–H groups in total. The summed E-state index contributed by atoms with van der Waals surface area (Å²) >= 11 is 0. The fourth-order valence-electron chi connectivity index (χ4n) is 0.752. The second-order valence-corrected chi connectivity index (χ2v) is 2.16. The Morgan fingerprint density at radius 1 is 1.31 bits per heavy atom. The van der Waals surface area contributed by atoms with Gasteiger partial charge in [0.25, 0.3) is 0 Å². The first-order valence-electron chi connectivity index (χ1n) is 4.22. The first-order chi connectivity index (χ1) is 6.20. The van der Waals surface area contributed by atoms with Crippen molar-refractivity contribution in [1.29, 1.82) is 0 Å². The van der Waals surface area contributed by atoms with Gasteiger partial charge in [0.1, 0.15) is 5.82 Å². The average Bonchev–Trinajstić information content (AvgIpc) is 2.12. The van der Waals surface area contributed by atoms with E-state index in [4.69, 9.17) is 0 Å². The van der Waals surface area contributed by atoms with Gasteiger partial charge in [0.05, 0.1) is 5.69 Å². The zero-order valence-electron chi connectivity index (χ0n) is 8.10. The van der Waals surface area contributed by atoms with Gasteiger partial charge >= 0.3 is 0 Å². The van der Waals surface area contributed by atoms with Crippen LogP contribution in [0.25, 0.3) is 0 Å². The lowest BCUT2D eigenvalue weighted by atomic mass is 10.3. The van der Waals surface area contributed by atoms with Gasteiger partial charge in [-0.1, -0.05) is 26.0 Å². The van der Waals surface area contributed by atoms with Crippen LogP contribution in [0.2, 0.25) is 0 Å². The highest BCUT2D eigenvalue weighted by molar-refractivity contribution is 5.88. The fraction of sp³-hybridized carbons (Fsp3) is 0.300. The van der Waals surface area contributed by atoms with Crippen LogP contribution in [0.4, 0.5) is 10.1 Å². The van der Waals surface area contributed by atoms with E-state index in [1.54, 1.807) is 12.1 Å². The van der Waals surface area contributed by atoms with E-state index in [9.17, 15) is 9.18 Å². The van der Waals surface area contributed by atoms with E-state index < -0.39 is 5.82 Å². The molecule has 0 aliphatic rings. The van der Waals surface area contributed by atoms with Crippen LogP contribution in [0.5, 0.6) is 0 Å². The molecule has 1 aromatic rings. The Hall–Kier alpha value is -1.38. The minimum absolute atomic E-state index is 0.222. The van der Waals surface area contributed by atoms with Crippen molar-refractivity contribution in [2.45, 2.75) is 20.8 Å². The number of nitrogens with one attached hydrogen (secondary N) is 1. The van der Waals surface area contributed by atoms with Gasteiger partial charge < -0.3 is 5.32 Å². The van der Waals surface area contributed by atoms with Crippen LogP contribution in [0, 0.1) is 5.82 Å². The lowest BCUT2D eigenvalue weighted by Crippen LogP contribution is -2.06. The molecule has 0 bridgehead atoms. The number of para-hydroxylation sites is 1. The molecule has 0 aliphatic heterocycles. The second kappa shape index (κ2) is 6.17. The molecular formula is C10H14FNO. The first-order valence-corrected chi connectivity index (χ1v) is 4.22. The van der Waals surface area contributed by atoms with Crippen LogP contribution >= 0.6 is 0 Å². The van der Waals surface area contributed by atoms with E-state index in [0.29, 0.717) is 0 Å². The number of amides is 1. The SMILES string of the molecule is CC.CC(=O)Nc1ccccc1F. The van der Waals surface area contributed by atoms with Crippen LogP contribution in [-0.4, -0.2) is 5.91 Å². The minimum Gasteiger partial charge on any atom is -0.324 e. The molecule has 0 spiro atoms. The van der Waals surface area contributed by atoms with Gasteiger partial charge in [0, 0.05) is 6.92 Å². The Balaban J connectivity index is 0.000000671. The second-order valence-electron chi connectivity index (χ2n) is 2.16. The molecule has 1 rings (SSSR count). The van der Waals surface area contributed by atoms with Crippen LogP contribution < -0.4 is 5.32 Å². The van der Waals surface area contributed by atoms with Crippen molar-refractivity contribution in [3.05, 3.63) is 30.1 Å². The topological polar surface area (TPSA) is 29.1 Å². The summed E-state index contributed by atoms with van der Waals surface area (Å²) in [5, 5.41) is 2.36. The van der Waals surface area contributed by atoms with Crippen LogP contribution in [0.15, 0.2) is 24.3 Å². The molecule has 1 aromatic carbocycles. The number of halogens is 1. The van der Waals surface area contributed by atoms with Gasteiger partial charge in [-0.15, -0.1) is 0 Å². The summed E-state index contributed by atoms with van der Waals surface area (Å²) in [7, 11) is 0. The maximum atomic E-state index is 12.7. The minimum atomic E-state index is -0.414. The van der Waals surface area contributed by atoms with E-state index in [2.05, 4.69) is 5.32 Å². The molecule has 0 radical (unpaired) electrons. The van der Waals surface area contributed by atoms with Crippen molar-refractivity contribution < 1.29 is 9.18 Å². The number of hydrogen-bond donors (Lipinski definition) is 1. The van der Waals surface area contributed by atoms with Crippen LogP contribution in [0.1, 0.15) is 20.8 Å². The van der Waals surface area contributed by atoms with Crippen molar-refractivity contribution in [3.8, 4) is 0 Å². The molecule has 2 nitrogen and oxygen atoms in total. The summed E-state index contributed by atoms with van der Waals surface area (Å²) in [6, 6.07) is 6.04. The predicted molar refractivity (Wildman–Crippen MR) is 52.1 cm³/mol. The number of anilines is 1. The highest BCUT2D eigenvalue weighted by Gasteiger charge is 1.99. The maximum absolute atomic E-state index is 12.7. The summed E-state index contributed by atoms with van der Waals surface area (Å²) in [4.78, 5) is 10.5. The Morgan fingerprint density at radius 3 is 2.31 bits per heavy atom. The standard InChI is InChI=1S/C8H8FNO.C2H6/c1-6(11)10-8-5-3-2-4-7(8)9;1-2/h2-5H,1H3,(H,10,11);1-2H3. The molecule has 0 aliphatic carbocycles. The molecule has 0 saturated heterocycles. The van der Waals surface area contributed by atoms with E-state index in [1.165, 1.54) is 19.1 Å². The summed E-state index contributed by atoms with van der Waals surface area (Å²) in [6.07, 6.45) is 0. The number of rotatable bonds is 1. The summed E-state index contributed by atoms with van der Waals surface area (Å²) in [5.74, 6) is -0.683. The predicted octanol–water partition coefficient (Wildman–Crippen LogP) is 2.81. The third kappa shape index (κ3) is 4.25. The quantitative estimate of drug-likeness (QED) is 0.712. The number of carbonyl (C=O) groups excluding carboxylic acids is 1. The molecule has 0 aromatic heterocycles. The molecule has 3 heteroatoms. The van der Waals surface area contributed by atoms with Crippen molar-refractivity contribution >= 4 is 11.6 Å². The van der Waals surface area contributed by atoms with Gasteiger partial charge in [0.2, 0.25) is 5.91 Å². The number of hydrogen-bond acceptors (Lipinski definition) is 1. The summed E-state index contributed by atoms with van der Waals surface area (Å²) < 4.78 is 12.7. The fourth-order valence-corrected chi connectivity index (χ4v) is 0.752. The molecule has 0 unspecified atom stereocenters. The molecule has 13 heavy (non-hydrogen) atoms. The molecule has 0 saturated carbocycles. The van der Waals surface area contributed by atoms with Crippen LogP contribution in [0.3, 0.4) is 0 Å². The largest absolute Gasteiger partial charge is 0.324 e. The van der Waals surface area contributed by atoms with Crippen molar-refractivity contribution in [1.82, 2.24) is 0 Å². The third-order valence-corrected chi connectivity index (χ3v) is 1.18. The highest BCUT2D eigenvalue weighted by Crippen LogP contribution is 2.11. The number of benzene rings is 1. The zero-order chi connectivity index (χ0) is 10.3. The van der Waals surface area contributed by atoms with E-state index >= 15 is 0 Å². The van der Waals surface area contributed by atoms with Gasteiger partial charge in [-0.05, 0) is 12.1 Å². The van der Waals surface area contributed by atoms with E-state index in [-0.39, 0.29) is 11.6 Å². The molecule has 1 amide bonds. The zero-order valence-corrected chi connectivity index (χ0v) is 8.10. The first kappa shape index (κ1) is 11.6. The van der Waals surface area contributed by atoms with Crippen molar-refractivity contribution in [2.24, 2.45) is 0 Å². The smallest absolute Gasteiger partial charge is 0.221 e. The molecule has 0 fully saturated rings. The van der Waals surface area contributed by atoms with Crippen molar-refractivity contribution in [3.63, 3.8) is 0 Å². The maximum Gasteiger partial charge on any atom is 0.221 e. The summed E-state index contributed by atoms with van der Waals surface area (Å²) in [5.41, 5.74) is 0.222. The Kier molecular flexibility index (Phi) is 5.52. The van der Waals surface area contributed by atoms with Crippen molar-refractivity contribution in [2.75, 3.05) is 5.32 Å². The Bertz CT molecular complexity index is 273.